The van der Waals surface area contributed by atoms with Gasteiger partial charge in [0, 0.05) is 43.3 Å². The molecule has 0 radical (unpaired) electrons. The number of alkyl halides is 3. The van der Waals surface area contributed by atoms with Crippen LogP contribution in [0, 0.1) is 5.92 Å². The number of nitrogens with zero attached hydrogens (tertiary/aromatic N) is 5. The number of likely N-dealkylation sites (tertiary alicyclic amines) is 1. The highest BCUT2D eigenvalue weighted by Gasteiger charge is 2.38. The number of ether oxygens (including phenoxy) is 3. The number of methoxy groups -OCH3 is 1. The molecule has 326 valence electrons. The molecule has 2 aliphatic rings. The van der Waals surface area contributed by atoms with E-state index in [2.05, 4.69) is 30.3 Å². The molecule has 4 aromatic rings. The zero-order valence-electron chi connectivity index (χ0n) is 35.1. The molecule has 2 aliphatic heterocycles. The number of halogens is 3. The van der Waals surface area contributed by atoms with Crippen molar-refractivity contribution in [3.05, 3.63) is 78.4 Å². The predicted octanol–water partition coefficient (Wildman–Crippen LogP) is 7.78. The van der Waals surface area contributed by atoms with E-state index in [1.54, 1.807) is 52.4 Å². The SMILES string of the molecule is COC(=O)NC(C(=O)N1CCCC1c1ncc(-c2ccc(-c3ccc(C(=O)Nc4ccc(N5CCN(C(=O)OC(C)(C)C)CC5C)nc4)cc3OC(F)(F)F)cc2)[nH]1)C(C)C. The van der Waals surface area contributed by atoms with Crippen molar-refractivity contribution in [2.75, 3.05) is 43.5 Å². The number of imidazole rings is 1. The summed E-state index contributed by atoms with van der Waals surface area (Å²) in [6.07, 6.45) is -1.61. The number of H-pyrrole nitrogens is 1. The van der Waals surface area contributed by atoms with Crippen LogP contribution < -0.4 is 20.3 Å². The molecule has 0 aliphatic carbocycles. The molecular weight excluding hydrogens is 798 g/mol. The monoisotopic (exact) mass is 848 g/mol. The Labute approximate surface area is 351 Å². The molecule has 3 atom stereocenters. The largest absolute Gasteiger partial charge is 0.573 e. The lowest BCUT2D eigenvalue weighted by Crippen LogP contribution is -2.54. The first-order valence-electron chi connectivity index (χ1n) is 20.0. The van der Waals surface area contributed by atoms with Crippen molar-refractivity contribution < 1.29 is 46.6 Å². The summed E-state index contributed by atoms with van der Waals surface area (Å²) in [5, 5.41) is 5.32. The summed E-state index contributed by atoms with van der Waals surface area (Å²) in [5.41, 5.74) is 1.49. The molecule has 2 saturated heterocycles. The predicted molar refractivity (Wildman–Crippen MR) is 221 cm³/mol. The van der Waals surface area contributed by atoms with E-state index in [1.165, 1.54) is 25.4 Å². The molecule has 2 fully saturated rings. The number of anilines is 2. The van der Waals surface area contributed by atoms with Crippen molar-refractivity contribution in [2.45, 2.75) is 84.5 Å². The van der Waals surface area contributed by atoms with E-state index in [1.807, 2.05) is 46.4 Å². The van der Waals surface area contributed by atoms with Crippen molar-refractivity contribution in [2.24, 2.45) is 5.92 Å². The summed E-state index contributed by atoms with van der Waals surface area (Å²) < 4.78 is 55.7. The highest BCUT2D eigenvalue weighted by molar-refractivity contribution is 6.05. The van der Waals surface area contributed by atoms with Crippen LogP contribution in [0.25, 0.3) is 22.4 Å². The maximum atomic E-state index is 13.7. The van der Waals surface area contributed by atoms with Gasteiger partial charge in [-0.05, 0) is 87.9 Å². The van der Waals surface area contributed by atoms with Gasteiger partial charge in [-0.3, -0.25) is 9.59 Å². The van der Waals surface area contributed by atoms with Crippen LogP contribution >= 0.6 is 0 Å². The second-order valence-electron chi connectivity index (χ2n) is 16.4. The first-order valence-corrected chi connectivity index (χ1v) is 20.0. The Balaban J connectivity index is 1.13. The number of hydrogen-bond donors (Lipinski definition) is 3. The van der Waals surface area contributed by atoms with Gasteiger partial charge < -0.3 is 44.5 Å². The molecule has 0 bridgehead atoms. The molecule has 0 saturated carbocycles. The second-order valence-corrected chi connectivity index (χ2v) is 16.4. The first-order chi connectivity index (χ1) is 28.8. The molecule has 6 rings (SSSR count). The van der Waals surface area contributed by atoms with Gasteiger partial charge >= 0.3 is 18.5 Å². The number of rotatable bonds is 10. The van der Waals surface area contributed by atoms with Crippen LogP contribution in [0.15, 0.2) is 67.0 Å². The Morgan fingerprint density at radius 3 is 2.26 bits per heavy atom. The minimum Gasteiger partial charge on any atom is -0.453 e. The fourth-order valence-electron chi connectivity index (χ4n) is 7.41. The van der Waals surface area contributed by atoms with Crippen molar-refractivity contribution in [3.8, 4) is 28.1 Å². The first kappa shape index (κ1) is 44.2. The fraction of sp³-hybridized carbons (Fsp3) is 0.442. The van der Waals surface area contributed by atoms with E-state index in [0.717, 1.165) is 12.5 Å². The molecule has 2 aromatic carbocycles. The molecule has 4 amide bonds. The molecule has 15 nitrogen and oxygen atoms in total. The van der Waals surface area contributed by atoms with Gasteiger partial charge in [-0.2, -0.15) is 0 Å². The zero-order valence-corrected chi connectivity index (χ0v) is 35.1. The van der Waals surface area contributed by atoms with Gasteiger partial charge in [0.1, 0.15) is 29.0 Å². The third kappa shape index (κ3) is 10.9. The minimum absolute atomic E-state index is 0.0659. The van der Waals surface area contributed by atoms with E-state index in [0.29, 0.717) is 66.8 Å². The molecule has 2 aromatic heterocycles. The molecule has 61 heavy (non-hydrogen) atoms. The Morgan fingerprint density at radius 2 is 1.64 bits per heavy atom. The van der Waals surface area contributed by atoms with E-state index in [4.69, 9.17) is 9.47 Å². The van der Waals surface area contributed by atoms with E-state index in [9.17, 15) is 32.3 Å². The maximum Gasteiger partial charge on any atom is 0.573 e. The van der Waals surface area contributed by atoms with Crippen LogP contribution in [0.1, 0.15) is 76.6 Å². The Hall–Kier alpha value is -6.33. The highest BCUT2D eigenvalue weighted by atomic mass is 19.4. The van der Waals surface area contributed by atoms with Crippen molar-refractivity contribution >= 4 is 35.5 Å². The molecule has 3 N–H and O–H groups in total. The Bertz CT molecular complexity index is 2210. The molecule has 4 heterocycles. The summed E-state index contributed by atoms with van der Waals surface area (Å²) in [7, 11) is 1.24. The average molecular weight is 849 g/mol. The van der Waals surface area contributed by atoms with Crippen LogP contribution in [0.4, 0.5) is 34.3 Å². The quantitative estimate of drug-likeness (QED) is 0.143. The second kappa shape index (κ2) is 18.1. The number of aromatic nitrogens is 3. The lowest BCUT2D eigenvalue weighted by atomic mass is 10.00. The number of pyridine rings is 1. The highest BCUT2D eigenvalue weighted by Crippen LogP contribution is 2.37. The van der Waals surface area contributed by atoms with E-state index < -0.39 is 35.8 Å². The normalized spacial score (nSPS) is 17.5. The lowest BCUT2D eigenvalue weighted by Gasteiger charge is -2.40. The van der Waals surface area contributed by atoms with Crippen LogP contribution in [-0.4, -0.2) is 106 Å². The van der Waals surface area contributed by atoms with Crippen molar-refractivity contribution in [1.82, 2.24) is 30.1 Å². The topological polar surface area (TPSA) is 171 Å². The number of aromatic amines is 1. The number of hydrogen-bond acceptors (Lipinski definition) is 10. The maximum absolute atomic E-state index is 13.7. The number of benzene rings is 2. The number of carbonyl (C=O) groups excluding carboxylic acids is 4. The third-order valence-electron chi connectivity index (χ3n) is 10.4. The summed E-state index contributed by atoms with van der Waals surface area (Å²) >= 11 is 0. The Morgan fingerprint density at radius 1 is 0.918 bits per heavy atom. The molecule has 0 spiro atoms. The third-order valence-corrected chi connectivity index (χ3v) is 10.4. The summed E-state index contributed by atoms with van der Waals surface area (Å²) in [5.74, 6) is -0.449. The van der Waals surface area contributed by atoms with Crippen molar-refractivity contribution in [3.63, 3.8) is 0 Å². The molecule has 18 heteroatoms. The number of nitrogens with one attached hydrogen (secondary N) is 3. The van der Waals surface area contributed by atoms with Crippen LogP contribution in [0.5, 0.6) is 5.75 Å². The number of alkyl carbamates (subject to hydrolysis) is 1. The van der Waals surface area contributed by atoms with Gasteiger partial charge in [0.2, 0.25) is 5.91 Å². The number of piperazine rings is 1. The van der Waals surface area contributed by atoms with E-state index >= 15 is 0 Å². The van der Waals surface area contributed by atoms with Gasteiger partial charge in [-0.1, -0.05) is 38.1 Å². The summed E-state index contributed by atoms with van der Waals surface area (Å²) in [6.45, 7) is 13.0. The van der Waals surface area contributed by atoms with Gasteiger partial charge in [0.25, 0.3) is 5.91 Å². The minimum atomic E-state index is -5.04. The number of carbonyl (C=O) groups is 4. The van der Waals surface area contributed by atoms with Gasteiger partial charge in [0.05, 0.1) is 36.9 Å². The van der Waals surface area contributed by atoms with Crippen LogP contribution in [0.2, 0.25) is 0 Å². The van der Waals surface area contributed by atoms with Crippen LogP contribution in [0.3, 0.4) is 0 Å². The van der Waals surface area contributed by atoms with Gasteiger partial charge in [-0.25, -0.2) is 19.6 Å². The van der Waals surface area contributed by atoms with Crippen molar-refractivity contribution in [1.29, 1.82) is 0 Å². The van der Waals surface area contributed by atoms with Gasteiger partial charge in [-0.15, -0.1) is 13.2 Å². The van der Waals surface area contributed by atoms with Crippen LogP contribution in [-0.2, 0) is 14.3 Å². The zero-order chi connectivity index (χ0) is 44.2. The van der Waals surface area contributed by atoms with Gasteiger partial charge in [0.15, 0.2) is 0 Å². The summed E-state index contributed by atoms with van der Waals surface area (Å²) in [6, 6.07) is 12.7. The fourth-order valence-corrected chi connectivity index (χ4v) is 7.41. The average Bonchev–Trinajstić information content (AvgIpc) is 3.90. The standard InChI is InChI=1S/C43H51F3N8O7/c1-25(2)36(51-40(57)59-7)39(56)54-18-8-9-33(54)37-48-23-32(50-37)28-12-10-27(11-13-28)31-16-14-29(21-34(31)60-43(44,45)46)38(55)49-30-15-17-35(47-22-30)53-20-19-52(24-26(53)3)41(58)61-42(4,5)6/h10-17,21-23,25-26,33,36H,8-9,18-20,24H2,1-7H3,(H,48,50)(H,49,55)(H,51,57). The smallest absolute Gasteiger partial charge is 0.453 e. The van der Waals surface area contributed by atoms with E-state index in [-0.39, 0.29) is 41.1 Å². The number of amides is 4. The molecule has 3 unspecified atom stereocenters. The Kier molecular flexibility index (Phi) is 13.1. The lowest BCUT2D eigenvalue weighted by molar-refractivity contribution is -0.274. The summed E-state index contributed by atoms with van der Waals surface area (Å²) in [4.78, 5) is 69.1. The molecular formula is C43H51F3N8O7.